The Kier molecular flexibility index (Phi) is 8.21. The summed E-state index contributed by atoms with van der Waals surface area (Å²) in [6.45, 7) is 7.75. The van der Waals surface area contributed by atoms with Gasteiger partial charge in [0, 0.05) is 18.7 Å². The molecule has 2 aliphatic rings. The number of ether oxygens (including phenoxy) is 2. The lowest BCUT2D eigenvalue weighted by atomic mass is 9.97. The number of oxime groups is 1. The first-order chi connectivity index (χ1) is 16.1. The van der Waals surface area contributed by atoms with Crippen LogP contribution in [0.5, 0.6) is 0 Å². The average molecular weight is 512 g/mol. The second-order valence-electron chi connectivity index (χ2n) is 8.63. The molecule has 11 nitrogen and oxygen atoms in total. The van der Waals surface area contributed by atoms with Gasteiger partial charge in [0.15, 0.2) is 10.8 Å². The van der Waals surface area contributed by atoms with E-state index in [1.54, 1.807) is 51.3 Å². The monoisotopic (exact) mass is 511 g/mol. The lowest BCUT2D eigenvalue weighted by molar-refractivity contribution is -0.153. The number of nitrogens with one attached hydrogen (secondary N) is 1. The number of carbonyl (C=O) groups excluding carboxylic acids is 3. The number of carbonyl (C=O) groups is 3. The van der Waals surface area contributed by atoms with Gasteiger partial charge in [-0.15, -0.1) is 23.1 Å². The highest BCUT2D eigenvalue weighted by Crippen LogP contribution is 2.41. The number of thioether (sulfide) groups is 1. The van der Waals surface area contributed by atoms with Crippen molar-refractivity contribution in [2.75, 3.05) is 32.7 Å². The fourth-order valence-electron chi connectivity index (χ4n) is 3.17. The SMILES string of the molecule is CCON=C(C(=O)NC1C(=O)N2C=C(COC)C(COC(=O)C(C)(C)C)S[C@H]12)c1csc(N)n1. The number of thiazole rings is 1. The van der Waals surface area contributed by atoms with E-state index in [0.717, 1.165) is 5.57 Å². The molecule has 3 rings (SSSR count). The number of nitrogen functional groups attached to an aromatic ring is 1. The Hall–Kier alpha value is -2.64. The minimum Gasteiger partial charge on any atom is -0.464 e. The van der Waals surface area contributed by atoms with Crippen LogP contribution < -0.4 is 11.1 Å². The Morgan fingerprint density at radius 1 is 1.35 bits per heavy atom. The molecule has 34 heavy (non-hydrogen) atoms. The van der Waals surface area contributed by atoms with E-state index in [2.05, 4.69) is 15.5 Å². The molecule has 3 atom stereocenters. The smallest absolute Gasteiger partial charge is 0.311 e. The standard InChI is InChI=1S/C21H29N5O6S2/c1-6-32-25-14(12-10-33-20(22)23-12)16(27)24-15-17(28)26-7-11(8-30-5)13(34-18(15)26)9-31-19(29)21(2,3)4/h7,10,13,15,18H,6,8-9H2,1-5H3,(H2,22,23)(H,24,27)/t13?,15?,18-/m1/s1. The molecule has 2 unspecified atom stereocenters. The fraction of sp³-hybridized carbons (Fsp3) is 0.571. The molecule has 1 aromatic heterocycles. The number of nitrogens with two attached hydrogens (primary N) is 1. The summed E-state index contributed by atoms with van der Waals surface area (Å²) >= 11 is 2.59. The van der Waals surface area contributed by atoms with E-state index in [4.69, 9.17) is 20.0 Å². The molecule has 2 aliphatic heterocycles. The molecule has 13 heteroatoms. The molecule has 0 aliphatic carbocycles. The molecule has 186 valence electrons. The minimum absolute atomic E-state index is 0.0619. The van der Waals surface area contributed by atoms with Gasteiger partial charge in [0.1, 0.15) is 30.3 Å². The van der Waals surface area contributed by atoms with Crippen LogP contribution in [0.3, 0.4) is 0 Å². The van der Waals surface area contributed by atoms with Crippen molar-refractivity contribution in [1.82, 2.24) is 15.2 Å². The van der Waals surface area contributed by atoms with Gasteiger partial charge in [-0.05, 0) is 33.3 Å². The first-order valence-electron chi connectivity index (χ1n) is 10.6. The summed E-state index contributed by atoms with van der Waals surface area (Å²) in [5.74, 6) is -1.18. The molecule has 0 spiro atoms. The topological polar surface area (TPSA) is 145 Å². The molecule has 3 heterocycles. The number of nitrogens with zero attached hydrogens (tertiary/aromatic N) is 3. The van der Waals surface area contributed by atoms with E-state index in [0.29, 0.717) is 0 Å². The van der Waals surface area contributed by atoms with Crippen molar-refractivity contribution < 1.29 is 28.7 Å². The summed E-state index contributed by atoms with van der Waals surface area (Å²) in [5.41, 5.74) is 6.08. The largest absolute Gasteiger partial charge is 0.464 e. The molecule has 2 amide bonds. The Morgan fingerprint density at radius 2 is 2.09 bits per heavy atom. The molecular weight excluding hydrogens is 482 g/mol. The van der Waals surface area contributed by atoms with Gasteiger partial charge in [-0.3, -0.25) is 14.4 Å². The maximum Gasteiger partial charge on any atom is 0.311 e. The molecule has 0 radical (unpaired) electrons. The minimum atomic E-state index is -0.790. The van der Waals surface area contributed by atoms with E-state index < -0.39 is 17.4 Å². The van der Waals surface area contributed by atoms with Crippen LogP contribution in [0.4, 0.5) is 5.13 Å². The van der Waals surface area contributed by atoms with Crippen molar-refractivity contribution in [2.24, 2.45) is 10.6 Å². The van der Waals surface area contributed by atoms with Crippen molar-refractivity contribution >= 4 is 51.7 Å². The number of methoxy groups -OCH3 is 1. The maximum atomic E-state index is 13.0. The van der Waals surface area contributed by atoms with Crippen LogP contribution in [-0.2, 0) is 28.7 Å². The highest BCUT2D eigenvalue weighted by Gasteiger charge is 2.52. The van der Waals surface area contributed by atoms with Gasteiger partial charge >= 0.3 is 5.97 Å². The number of β-lactam (4-membered cyclic amide) rings is 1. The molecule has 1 aromatic rings. The Bertz CT molecular complexity index is 1000. The van der Waals surface area contributed by atoms with Crippen molar-refractivity contribution in [3.63, 3.8) is 0 Å². The van der Waals surface area contributed by atoms with Crippen LogP contribution >= 0.6 is 23.1 Å². The highest BCUT2D eigenvalue weighted by molar-refractivity contribution is 8.01. The number of esters is 1. The quantitative estimate of drug-likeness (QED) is 0.217. The average Bonchev–Trinajstić information content (AvgIpc) is 3.21. The van der Waals surface area contributed by atoms with Gasteiger partial charge in [0.05, 0.1) is 17.3 Å². The van der Waals surface area contributed by atoms with Gasteiger partial charge in [0.2, 0.25) is 0 Å². The number of fused-ring (bicyclic) bond motifs is 1. The molecule has 1 saturated heterocycles. The first-order valence-corrected chi connectivity index (χ1v) is 12.5. The zero-order valence-electron chi connectivity index (χ0n) is 19.7. The summed E-state index contributed by atoms with van der Waals surface area (Å²) in [4.78, 5) is 48.7. The number of anilines is 1. The summed E-state index contributed by atoms with van der Waals surface area (Å²) in [5, 5.41) is 7.87. The fourth-order valence-corrected chi connectivity index (χ4v) is 5.14. The molecule has 0 aromatic carbocycles. The van der Waals surface area contributed by atoms with Gasteiger partial charge < -0.3 is 30.3 Å². The van der Waals surface area contributed by atoms with Crippen LogP contribution in [0.15, 0.2) is 22.3 Å². The van der Waals surface area contributed by atoms with Crippen LogP contribution in [0.1, 0.15) is 33.4 Å². The third-order valence-corrected chi connectivity index (χ3v) is 7.16. The molecular formula is C21H29N5O6S2. The van der Waals surface area contributed by atoms with Crippen LogP contribution in [0.25, 0.3) is 0 Å². The van der Waals surface area contributed by atoms with E-state index in [1.165, 1.54) is 23.1 Å². The van der Waals surface area contributed by atoms with Crippen molar-refractivity contribution in [3.05, 3.63) is 22.8 Å². The number of amides is 2. The third-order valence-electron chi connectivity index (χ3n) is 4.94. The summed E-state index contributed by atoms with van der Waals surface area (Å²) in [6.07, 6.45) is 1.71. The molecule has 3 N–H and O–H groups in total. The predicted molar refractivity (Wildman–Crippen MR) is 129 cm³/mol. The van der Waals surface area contributed by atoms with E-state index >= 15 is 0 Å². The summed E-state index contributed by atoms with van der Waals surface area (Å²) < 4.78 is 10.8. The zero-order chi connectivity index (χ0) is 25.0. The number of rotatable bonds is 9. The maximum absolute atomic E-state index is 13.0. The summed E-state index contributed by atoms with van der Waals surface area (Å²) in [6, 6.07) is -0.790. The van der Waals surface area contributed by atoms with Crippen molar-refractivity contribution in [2.45, 2.75) is 44.4 Å². The number of hydrogen-bond acceptors (Lipinski definition) is 11. The Morgan fingerprint density at radius 3 is 2.68 bits per heavy atom. The van der Waals surface area contributed by atoms with Crippen LogP contribution in [0, 0.1) is 5.41 Å². The van der Waals surface area contributed by atoms with E-state index in [-0.39, 0.29) is 58.9 Å². The van der Waals surface area contributed by atoms with Crippen LogP contribution in [-0.4, -0.2) is 77.0 Å². The van der Waals surface area contributed by atoms with E-state index in [9.17, 15) is 14.4 Å². The normalized spacial score (nSPS) is 22.4. The Balaban J connectivity index is 1.73. The number of aromatic nitrogens is 1. The van der Waals surface area contributed by atoms with Gasteiger partial charge in [0.25, 0.3) is 11.8 Å². The summed E-state index contributed by atoms with van der Waals surface area (Å²) in [7, 11) is 1.56. The highest BCUT2D eigenvalue weighted by atomic mass is 32.2. The van der Waals surface area contributed by atoms with Gasteiger partial charge in [-0.2, -0.15) is 0 Å². The first kappa shape index (κ1) is 26.0. The molecule has 0 saturated carbocycles. The second-order valence-corrected chi connectivity index (χ2v) is 10.8. The lowest BCUT2D eigenvalue weighted by Gasteiger charge is -2.49. The second kappa shape index (κ2) is 10.7. The lowest BCUT2D eigenvalue weighted by Crippen LogP contribution is -2.69. The van der Waals surface area contributed by atoms with Crippen LogP contribution in [0.2, 0.25) is 0 Å². The Labute approximate surface area is 206 Å². The van der Waals surface area contributed by atoms with Gasteiger partial charge in [-0.25, -0.2) is 4.98 Å². The third kappa shape index (κ3) is 5.70. The molecule has 0 bridgehead atoms. The van der Waals surface area contributed by atoms with E-state index in [1.807, 2.05) is 0 Å². The van der Waals surface area contributed by atoms with Crippen molar-refractivity contribution in [3.8, 4) is 0 Å². The van der Waals surface area contributed by atoms with Gasteiger partial charge in [-0.1, -0.05) is 5.16 Å². The number of hydrogen-bond donors (Lipinski definition) is 2. The van der Waals surface area contributed by atoms with Crippen molar-refractivity contribution in [1.29, 1.82) is 0 Å². The molecule has 1 fully saturated rings. The zero-order valence-corrected chi connectivity index (χ0v) is 21.3. The predicted octanol–water partition coefficient (Wildman–Crippen LogP) is 1.35.